The number of anilines is 3. The largest absolute Gasteiger partial charge is 0.340 e. The molecule has 6 rings (SSSR count). The normalized spacial score (nSPS) is 12.7. The first-order chi connectivity index (χ1) is 26.4. The van der Waals surface area contributed by atoms with E-state index in [1.165, 1.54) is 27.8 Å². The molecular formula is C51H58N4. The summed E-state index contributed by atoms with van der Waals surface area (Å²) >= 11 is 0. The summed E-state index contributed by atoms with van der Waals surface area (Å²) in [6, 6.07) is 56.7. The maximum atomic E-state index is 6.76. The van der Waals surface area contributed by atoms with E-state index in [2.05, 4.69) is 185 Å². The molecule has 0 radical (unpaired) electrons. The molecule has 2 N–H and O–H groups in total. The van der Waals surface area contributed by atoms with Crippen molar-refractivity contribution in [1.29, 1.82) is 0 Å². The molecule has 6 aromatic carbocycles. The number of aryl methyl sites for hydroxylation is 2. The second-order valence-corrected chi connectivity index (χ2v) is 16.7. The van der Waals surface area contributed by atoms with E-state index in [0.717, 1.165) is 53.3 Å². The molecule has 4 nitrogen and oxygen atoms in total. The van der Waals surface area contributed by atoms with E-state index in [-0.39, 0.29) is 17.0 Å². The molecule has 0 heterocycles. The third kappa shape index (κ3) is 10.2. The minimum Gasteiger partial charge on any atom is -0.340 e. The van der Waals surface area contributed by atoms with Crippen molar-refractivity contribution in [1.82, 2.24) is 4.90 Å². The van der Waals surface area contributed by atoms with Crippen LogP contribution in [0, 0.1) is 0 Å². The third-order valence-corrected chi connectivity index (χ3v) is 10.5. The first-order valence-corrected chi connectivity index (χ1v) is 19.7. The van der Waals surface area contributed by atoms with Gasteiger partial charge in [0.2, 0.25) is 0 Å². The van der Waals surface area contributed by atoms with Gasteiger partial charge in [0.05, 0.1) is 6.54 Å². The molecule has 1 atom stereocenters. The fraction of sp³-hybridized carbons (Fsp3) is 0.275. The highest BCUT2D eigenvalue weighted by Crippen LogP contribution is 2.37. The van der Waals surface area contributed by atoms with Crippen LogP contribution in [0.5, 0.6) is 0 Å². The molecule has 0 aliphatic heterocycles. The highest BCUT2D eigenvalue weighted by Gasteiger charge is 2.20. The van der Waals surface area contributed by atoms with Gasteiger partial charge in [-0.25, -0.2) is 0 Å². The lowest BCUT2D eigenvalue weighted by Crippen LogP contribution is -2.37. The second-order valence-electron chi connectivity index (χ2n) is 16.7. The van der Waals surface area contributed by atoms with Gasteiger partial charge in [-0.1, -0.05) is 163 Å². The van der Waals surface area contributed by atoms with Crippen LogP contribution in [0.15, 0.2) is 163 Å². The predicted octanol–water partition coefficient (Wildman–Crippen LogP) is 12.5. The summed E-state index contributed by atoms with van der Waals surface area (Å²) in [4.78, 5) is 9.54. The summed E-state index contributed by atoms with van der Waals surface area (Å²) in [5.74, 6) is 0.885. The van der Waals surface area contributed by atoms with Gasteiger partial charge in [-0.05, 0) is 99.9 Å². The Labute approximate surface area is 330 Å². The molecule has 0 amide bonds. The molecule has 0 fully saturated rings. The first-order valence-electron chi connectivity index (χ1n) is 19.7. The topological polar surface area (TPSA) is 44.9 Å². The number of hydrogen-bond donors (Lipinski definition) is 1. The Morgan fingerprint density at radius 1 is 0.527 bits per heavy atom. The zero-order valence-electron chi connectivity index (χ0n) is 33.8. The van der Waals surface area contributed by atoms with Crippen LogP contribution in [0.4, 0.5) is 17.1 Å². The Morgan fingerprint density at radius 2 is 0.945 bits per heavy atom. The van der Waals surface area contributed by atoms with Gasteiger partial charge in [0.1, 0.15) is 12.0 Å². The smallest absolute Gasteiger partial charge is 0.132 e. The summed E-state index contributed by atoms with van der Waals surface area (Å²) in [6.45, 7) is 14.2. The van der Waals surface area contributed by atoms with E-state index in [1.807, 2.05) is 31.3 Å². The molecule has 0 saturated carbocycles. The molecule has 282 valence electrons. The lowest BCUT2D eigenvalue weighted by Gasteiger charge is -2.29. The molecule has 0 aliphatic carbocycles. The van der Waals surface area contributed by atoms with Crippen LogP contribution in [0.2, 0.25) is 0 Å². The monoisotopic (exact) mass is 726 g/mol. The predicted molar refractivity (Wildman–Crippen MR) is 235 cm³/mol. The molecule has 0 aliphatic rings. The van der Waals surface area contributed by atoms with Crippen molar-refractivity contribution in [2.24, 2.45) is 10.7 Å². The van der Waals surface area contributed by atoms with Crippen molar-refractivity contribution >= 4 is 22.9 Å². The van der Waals surface area contributed by atoms with E-state index in [1.54, 1.807) is 0 Å². The number of amidine groups is 1. The van der Waals surface area contributed by atoms with Gasteiger partial charge in [0.25, 0.3) is 0 Å². The number of aliphatic imine (C=N–C) groups is 1. The summed E-state index contributed by atoms with van der Waals surface area (Å²) in [5, 5.41) is 0. The van der Waals surface area contributed by atoms with Crippen molar-refractivity contribution in [2.75, 3.05) is 11.9 Å². The molecule has 0 saturated heterocycles. The SMILES string of the molecule is CN(/C(=N\Cc1ccccc1)c1ccc(CCCc2ccc(N(c3ccc(C(C)(C)C)cc3)c3ccc(C(C)(C)C)cc3)cc2)cc1)C(N)c1ccccc1. The Hall–Kier alpha value is -5.45. The van der Waals surface area contributed by atoms with Crippen LogP contribution in [-0.2, 0) is 30.2 Å². The molecule has 55 heavy (non-hydrogen) atoms. The number of rotatable bonds is 12. The zero-order chi connectivity index (χ0) is 39.0. The van der Waals surface area contributed by atoms with E-state index in [9.17, 15) is 0 Å². The van der Waals surface area contributed by atoms with E-state index >= 15 is 0 Å². The third-order valence-electron chi connectivity index (χ3n) is 10.5. The highest BCUT2D eigenvalue weighted by molar-refractivity contribution is 5.99. The van der Waals surface area contributed by atoms with Crippen molar-refractivity contribution in [3.05, 3.63) is 197 Å². The zero-order valence-corrected chi connectivity index (χ0v) is 33.8. The Balaban J connectivity index is 1.15. The maximum Gasteiger partial charge on any atom is 0.132 e. The quantitative estimate of drug-likeness (QED) is 0.0776. The molecule has 4 heteroatoms. The number of nitrogens with two attached hydrogens (primary N) is 1. The van der Waals surface area contributed by atoms with Crippen LogP contribution < -0.4 is 10.6 Å². The molecule has 0 aromatic heterocycles. The fourth-order valence-corrected chi connectivity index (χ4v) is 6.96. The standard InChI is InChI=1S/C51H58N4/c1-50(2,3)43-27-33-46(34-28-43)55(47-35-29-44(30-36-47)51(4,5)6)45-31-23-39(24-32-45)18-14-17-38-21-25-42(26-22-38)49(53-37-40-15-10-8-11-16-40)54(7)48(52)41-19-12-9-13-20-41/h8-13,15-16,19-36,48H,14,17-18,37,52H2,1-7H3/b53-49-. The number of hydrogen-bond acceptors (Lipinski definition) is 3. The minimum absolute atomic E-state index is 0.106. The fourth-order valence-electron chi connectivity index (χ4n) is 6.96. The second kappa shape index (κ2) is 17.3. The maximum absolute atomic E-state index is 6.76. The van der Waals surface area contributed by atoms with E-state index in [4.69, 9.17) is 10.7 Å². The van der Waals surface area contributed by atoms with E-state index < -0.39 is 0 Å². The van der Waals surface area contributed by atoms with Crippen LogP contribution in [0.3, 0.4) is 0 Å². The molecule has 1 unspecified atom stereocenters. The first kappa shape index (κ1) is 39.2. The van der Waals surface area contributed by atoms with Gasteiger partial charge < -0.3 is 15.5 Å². The molecule has 6 aromatic rings. The minimum atomic E-state index is -0.308. The molecular weight excluding hydrogens is 669 g/mol. The molecule has 0 spiro atoms. The van der Waals surface area contributed by atoms with Crippen molar-refractivity contribution in [2.45, 2.75) is 84.3 Å². The van der Waals surface area contributed by atoms with Gasteiger partial charge in [-0.15, -0.1) is 0 Å². The van der Waals surface area contributed by atoms with Crippen molar-refractivity contribution in [3.63, 3.8) is 0 Å². The summed E-state index contributed by atoms with van der Waals surface area (Å²) in [7, 11) is 2.03. The van der Waals surface area contributed by atoms with Gasteiger partial charge in [-0.2, -0.15) is 0 Å². The van der Waals surface area contributed by atoms with Crippen molar-refractivity contribution < 1.29 is 0 Å². The van der Waals surface area contributed by atoms with E-state index in [0.29, 0.717) is 6.54 Å². The summed E-state index contributed by atoms with van der Waals surface area (Å²) in [6.07, 6.45) is 2.78. The highest BCUT2D eigenvalue weighted by atomic mass is 15.2. The van der Waals surface area contributed by atoms with Crippen LogP contribution in [-0.4, -0.2) is 17.8 Å². The number of nitrogens with zero attached hydrogens (tertiary/aromatic N) is 3. The lowest BCUT2D eigenvalue weighted by atomic mass is 9.86. The summed E-state index contributed by atoms with van der Waals surface area (Å²) < 4.78 is 0. The lowest BCUT2D eigenvalue weighted by molar-refractivity contribution is 0.384. The Bertz CT molecular complexity index is 2050. The van der Waals surface area contributed by atoms with Gasteiger partial charge in [-0.3, -0.25) is 4.99 Å². The van der Waals surface area contributed by atoms with Crippen LogP contribution in [0.1, 0.15) is 93.1 Å². The Morgan fingerprint density at radius 3 is 1.40 bits per heavy atom. The van der Waals surface area contributed by atoms with Gasteiger partial charge >= 0.3 is 0 Å². The van der Waals surface area contributed by atoms with Gasteiger partial charge in [0.15, 0.2) is 0 Å². The van der Waals surface area contributed by atoms with Crippen molar-refractivity contribution in [3.8, 4) is 0 Å². The average Bonchev–Trinajstić information content (AvgIpc) is 3.19. The summed E-state index contributed by atoms with van der Waals surface area (Å²) in [5.41, 5.74) is 19.1. The molecule has 0 bridgehead atoms. The van der Waals surface area contributed by atoms with Crippen LogP contribution >= 0.6 is 0 Å². The number of benzene rings is 6. The van der Waals surface area contributed by atoms with Crippen LogP contribution in [0.25, 0.3) is 0 Å². The Kier molecular flexibility index (Phi) is 12.4. The average molecular weight is 727 g/mol. The van der Waals surface area contributed by atoms with Gasteiger partial charge in [0, 0.05) is 29.7 Å².